The minimum atomic E-state index is -1.03. The summed E-state index contributed by atoms with van der Waals surface area (Å²) in [5.74, 6) is -1.34. The first-order valence-electron chi connectivity index (χ1n) is 5.79. The van der Waals surface area contributed by atoms with Gasteiger partial charge in [0, 0.05) is 10.5 Å². The normalized spacial score (nSPS) is 10.3. The molecule has 0 bridgehead atoms. The Balaban J connectivity index is 2.23. The fourth-order valence-electron chi connectivity index (χ4n) is 1.69. The van der Waals surface area contributed by atoms with Gasteiger partial charge < -0.3 is 10.4 Å². The van der Waals surface area contributed by atoms with E-state index in [4.69, 9.17) is 5.11 Å². The first kappa shape index (κ1) is 14.6. The van der Waals surface area contributed by atoms with E-state index < -0.39 is 5.97 Å². The van der Waals surface area contributed by atoms with Crippen molar-refractivity contribution in [2.75, 3.05) is 11.6 Å². The molecule has 2 N–H and O–H groups in total. The molecular formula is C14H13NO3S2. The Labute approximate surface area is 124 Å². The third kappa shape index (κ3) is 3.02. The summed E-state index contributed by atoms with van der Waals surface area (Å²) in [5.41, 5.74) is 1.63. The van der Waals surface area contributed by atoms with Crippen LogP contribution in [0.5, 0.6) is 0 Å². The van der Waals surface area contributed by atoms with Gasteiger partial charge in [0.05, 0.1) is 5.69 Å². The number of aromatic carboxylic acids is 1. The minimum absolute atomic E-state index is 0.150. The van der Waals surface area contributed by atoms with Crippen molar-refractivity contribution < 1.29 is 14.7 Å². The molecule has 20 heavy (non-hydrogen) atoms. The van der Waals surface area contributed by atoms with Crippen LogP contribution in [0.15, 0.2) is 34.5 Å². The zero-order chi connectivity index (χ0) is 14.7. The van der Waals surface area contributed by atoms with Crippen molar-refractivity contribution >= 4 is 40.7 Å². The minimum Gasteiger partial charge on any atom is -0.477 e. The van der Waals surface area contributed by atoms with Crippen LogP contribution in [0.1, 0.15) is 25.6 Å². The summed E-state index contributed by atoms with van der Waals surface area (Å²) in [6.07, 6.45) is 1.96. The Morgan fingerprint density at radius 3 is 2.45 bits per heavy atom. The number of nitrogens with one attached hydrogen (secondary N) is 1. The number of anilines is 1. The van der Waals surface area contributed by atoms with Crippen LogP contribution in [0.2, 0.25) is 0 Å². The van der Waals surface area contributed by atoms with Crippen molar-refractivity contribution in [1.82, 2.24) is 0 Å². The molecule has 0 saturated heterocycles. The van der Waals surface area contributed by atoms with E-state index in [0.717, 1.165) is 21.8 Å². The first-order valence-corrected chi connectivity index (χ1v) is 7.90. The second-order valence-corrected chi connectivity index (χ2v) is 5.87. The van der Waals surface area contributed by atoms with Gasteiger partial charge in [0.1, 0.15) is 4.88 Å². The molecule has 0 aliphatic rings. The average Bonchev–Trinajstić information content (AvgIpc) is 2.80. The molecule has 0 atom stereocenters. The van der Waals surface area contributed by atoms with E-state index in [9.17, 15) is 9.59 Å². The molecule has 0 unspecified atom stereocenters. The van der Waals surface area contributed by atoms with Gasteiger partial charge in [-0.3, -0.25) is 4.79 Å². The molecule has 4 nitrogen and oxygen atoms in total. The molecule has 1 heterocycles. The maximum atomic E-state index is 12.1. The molecule has 0 radical (unpaired) electrons. The summed E-state index contributed by atoms with van der Waals surface area (Å²) in [6.45, 7) is 1.77. The summed E-state index contributed by atoms with van der Waals surface area (Å²) < 4.78 is 0. The smallest absolute Gasteiger partial charge is 0.348 e. The van der Waals surface area contributed by atoms with Crippen LogP contribution >= 0.6 is 23.1 Å². The molecule has 104 valence electrons. The van der Waals surface area contributed by atoms with Crippen molar-refractivity contribution in [3.63, 3.8) is 0 Å². The van der Waals surface area contributed by atoms with Crippen LogP contribution < -0.4 is 5.32 Å². The van der Waals surface area contributed by atoms with Crippen LogP contribution in [-0.4, -0.2) is 23.2 Å². The van der Waals surface area contributed by atoms with Crippen LogP contribution in [0, 0.1) is 6.92 Å². The van der Waals surface area contributed by atoms with E-state index in [1.54, 1.807) is 36.2 Å². The summed E-state index contributed by atoms with van der Waals surface area (Å²) in [6, 6.07) is 7.17. The number of hydrogen-bond acceptors (Lipinski definition) is 4. The third-order valence-electron chi connectivity index (χ3n) is 2.76. The highest BCUT2D eigenvalue weighted by atomic mass is 32.2. The Morgan fingerprint density at radius 1 is 1.25 bits per heavy atom. The lowest BCUT2D eigenvalue weighted by molar-refractivity contribution is 0.0703. The zero-order valence-electron chi connectivity index (χ0n) is 11.0. The summed E-state index contributed by atoms with van der Waals surface area (Å²) >= 11 is 2.71. The Bertz CT molecular complexity index is 647. The monoisotopic (exact) mass is 307 g/mol. The van der Waals surface area contributed by atoms with Gasteiger partial charge >= 0.3 is 5.97 Å². The van der Waals surface area contributed by atoms with Crippen molar-refractivity contribution in [2.45, 2.75) is 11.8 Å². The second-order valence-electron chi connectivity index (χ2n) is 4.11. The van der Waals surface area contributed by atoms with Gasteiger partial charge in [0.2, 0.25) is 0 Å². The van der Waals surface area contributed by atoms with E-state index in [1.165, 1.54) is 0 Å². The topological polar surface area (TPSA) is 66.4 Å². The molecule has 0 saturated carbocycles. The van der Waals surface area contributed by atoms with Crippen molar-refractivity contribution in [3.05, 3.63) is 45.6 Å². The molecule has 1 amide bonds. The highest BCUT2D eigenvalue weighted by Gasteiger charge is 2.17. The lowest BCUT2D eigenvalue weighted by Gasteiger charge is -2.07. The second kappa shape index (κ2) is 6.11. The predicted molar refractivity (Wildman–Crippen MR) is 82.2 cm³/mol. The lowest BCUT2D eigenvalue weighted by atomic mass is 10.2. The van der Waals surface area contributed by atoms with Gasteiger partial charge in [-0.15, -0.1) is 23.1 Å². The van der Waals surface area contributed by atoms with E-state index in [0.29, 0.717) is 11.3 Å². The Kier molecular flexibility index (Phi) is 4.46. The molecular weight excluding hydrogens is 294 g/mol. The van der Waals surface area contributed by atoms with Crippen molar-refractivity contribution in [3.8, 4) is 0 Å². The molecule has 0 fully saturated rings. The number of thiophene rings is 1. The van der Waals surface area contributed by atoms with Gasteiger partial charge in [-0.25, -0.2) is 4.79 Å². The predicted octanol–water partition coefficient (Wildman–Crippen LogP) is 3.73. The van der Waals surface area contributed by atoms with Gasteiger partial charge in [0.25, 0.3) is 5.91 Å². The molecule has 0 aliphatic heterocycles. The highest BCUT2D eigenvalue weighted by Crippen LogP contribution is 2.28. The average molecular weight is 307 g/mol. The number of aryl methyl sites for hydroxylation is 1. The van der Waals surface area contributed by atoms with Gasteiger partial charge in [-0.05, 0) is 48.4 Å². The highest BCUT2D eigenvalue weighted by molar-refractivity contribution is 7.98. The molecule has 2 aromatic rings. The molecule has 1 aromatic carbocycles. The quantitative estimate of drug-likeness (QED) is 0.845. The fourth-order valence-corrected chi connectivity index (χ4v) is 2.94. The van der Waals surface area contributed by atoms with Gasteiger partial charge in [0.15, 0.2) is 0 Å². The number of carbonyl (C=O) groups is 2. The van der Waals surface area contributed by atoms with Crippen molar-refractivity contribution in [1.29, 1.82) is 0 Å². The molecule has 1 aromatic heterocycles. The number of benzene rings is 1. The van der Waals surface area contributed by atoms with E-state index in [-0.39, 0.29) is 10.8 Å². The SMILES string of the molecule is CSc1ccc(C(=O)Nc2c(C)csc2C(=O)O)cc1. The van der Waals surface area contributed by atoms with Gasteiger partial charge in [-0.1, -0.05) is 0 Å². The summed E-state index contributed by atoms with van der Waals surface area (Å²) in [5, 5.41) is 13.5. The third-order valence-corrected chi connectivity index (χ3v) is 4.59. The largest absolute Gasteiger partial charge is 0.477 e. The van der Waals surface area contributed by atoms with Crippen molar-refractivity contribution in [2.24, 2.45) is 0 Å². The van der Waals surface area contributed by atoms with Crippen LogP contribution in [0.25, 0.3) is 0 Å². The first-order chi connectivity index (χ1) is 9.52. The zero-order valence-corrected chi connectivity index (χ0v) is 12.6. The number of carboxylic acids is 1. The van der Waals surface area contributed by atoms with E-state index in [2.05, 4.69) is 5.32 Å². The fraction of sp³-hybridized carbons (Fsp3) is 0.143. The van der Waals surface area contributed by atoms with E-state index >= 15 is 0 Å². The molecule has 6 heteroatoms. The summed E-state index contributed by atoms with van der Waals surface area (Å²) in [4.78, 5) is 24.4. The van der Waals surface area contributed by atoms with Crippen LogP contribution in [-0.2, 0) is 0 Å². The maximum Gasteiger partial charge on any atom is 0.348 e. The number of rotatable bonds is 4. The molecule has 0 spiro atoms. The Morgan fingerprint density at radius 2 is 1.90 bits per heavy atom. The van der Waals surface area contributed by atoms with E-state index in [1.807, 2.05) is 18.4 Å². The van der Waals surface area contributed by atoms with Crippen LogP contribution in [0.3, 0.4) is 0 Å². The Hall–Kier alpha value is -1.79. The summed E-state index contributed by atoms with van der Waals surface area (Å²) in [7, 11) is 0. The standard InChI is InChI=1S/C14H13NO3S2/c1-8-7-20-12(14(17)18)11(8)15-13(16)9-3-5-10(19-2)6-4-9/h3-7H,1-2H3,(H,15,16)(H,17,18). The maximum absolute atomic E-state index is 12.1. The van der Waals surface area contributed by atoms with Crippen LogP contribution in [0.4, 0.5) is 5.69 Å². The number of carboxylic acid groups (broad SMARTS) is 1. The lowest BCUT2D eigenvalue weighted by Crippen LogP contribution is -2.14. The number of amides is 1. The number of hydrogen-bond donors (Lipinski definition) is 2. The number of thioether (sulfide) groups is 1. The van der Waals surface area contributed by atoms with Gasteiger partial charge in [-0.2, -0.15) is 0 Å². The number of carbonyl (C=O) groups excluding carboxylic acids is 1. The molecule has 2 rings (SSSR count). The molecule has 0 aliphatic carbocycles.